The molecule has 0 aromatic heterocycles. The summed E-state index contributed by atoms with van der Waals surface area (Å²) < 4.78 is 44.6. The van der Waals surface area contributed by atoms with Gasteiger partial charge in [0, 0.05) is 25.7 Å². The molecule has 1 fully saturated rings. The van der Waals surface area contributed by atoms with Crippen molar-refractivity contribution in [1.29, 1.82) is 0 Å². The zero-order chi connectivity index (χ0) is 18.8. The molecule has 1 N–H and O–H groups in total. The van der Waals surface area contributed by atoms with Gasteiger partial charge in [-0.05, 0) is 25.1 Å². The molecule has 1 aliphatic rings. The Hall–Kier alpha value is -1.96. The third-order valence-electron chi connectivity index (χ3n) is 4.20. The first-order valence-electron chi connectivity index (χ1n) is 8.13. The van der Waals surface area contributed by atoms with Crippen LogP contribution in [0.1, 0.15) is 19.4 Å². The first kappa shape index (κ1) is 19.4. The first-order valence-corrected chi connectivity index (χ1v) is 8.13. The highest BCUT2D eigenvalue weighted by Gasteiger charge is 2.39. The zero-order valence-corrected chi connectivity index (χ0v) is 14.9. The fourth-order valence-electron chi connectivity index (χ4n) is 2.92. The predicted octanol–water partition coefficient (Wildman–Crippen LogP) is 3.52. The van der Waals surface area contributed by atoms with Crippen molar-refractivity contribution in [2.75, 3.05) is 39.1 Å². The van der Waals surface area contributed by atoms with Crippen molar-refractivity contribution in [2.24, 2.45) is 5.92 Å². The van der Waals surface area contributed by atoms with Crippen LogP contribution in [-0.4, -0.2) is 55.7 Å². The summed E-state index contributed by atoms with van der Waals surface area (Å²) in [5.41, 5.74) is -1.27. The fraction of sp³-hybridized carbons (Fsp3) is 0.588. The van der Waals surface area contributed by atoms with Crippen molar-refractivity contribution in [1.82, 2.24) is 9.80 Å². The lowest BCUT2D eigenvalue weighted by Gasteiger charge is -2.44. The standard InChI is InChI=1S/C17H24F3N3O2/c1-11(2)8-22(3)12-9-23(10-12)16(24)21-13-6-5-7-14(25-4)15(13)17(18,19)20/h5-7,11-12H,8-10H2,1-4H3,(H,21,24). The Labute approximate surface area is 145 Å². The highest BCUT2D eigenvalue weighted by molar-refractivity contribution is 5.91. The topological polar surface area (TPSA) is 44.8 Å². The number of urea groups is 1. The van der Waals surface area contributed by atoms with Crippen LogP contribution in [0, 0.1) is 5.92 Å². The van der Waals surface area contributed by atoms with E-state index in [1.807, 2.05) is 7.05 Å². The molecule has 1 aliphatic heterocycles. The van der Waals surface area contributed by atoms with E-state index in [0.29, 0.717) is 19.0 Å². The first-order chi connectivity index (χ1) is 11.6. The summed E-state index contributed by atoms with van der Waals surface area (Å²) in [6.45, 7) is 6.14. The highest BCUT2D eigenvalue weighted by atomic mass is 19.4. The van der Waals surface area contributed by atoms with Gasteiger partial charge in [0.1, 0.15) is 11.3 Å². The van der Waals surface area contributed by atoms with Crippen LogP contribution in [0.5, 0.6) is 5.75 Å². The Morgan fingerprint density at radius 3 is 2.56 bits per heavy atom. The molecule has 1 saturated heterocycles. The van der Waals surface area contributed by atoms with E-state index in [1.54, 1.807) is 0 Å². The molecule has 5 nitrogen and oxygen atoms in total. The summed E-state index contributed by atoms with van der Waals surface area (Å²) in [4.78, 5) is 15.9. The van der Waals surface area contributed by atoms with Crippen molar-refractivity contribution in [2.45, 2.75) is 26.1 Å². The maximum atomic E-state index is 13.3. The predicted molar refractivity (Wildman–Crippen MR) is 89.8 cm³/mol. The summed E-state index contributed by atoms with van der Waals surface area (Å²) in [6, 6.07) is 3.57. The van der Waals surface area contributed by atoms with Gasteiger partial charge in [-0.3, -0.25) is 4.90 Å². The van der Waals surface area contributed by atoms with Gasteiger partial charge < -0.3 is 15.0 Å². The van der Waals surface area contributed by atoms with Gasteiger partial charge in [-0.2, -0.15) is 13.2 Å². The molecule has 2 rings (SSSR count). The van der Waals surface area contributed by atoms with Gasteiger partial charge in [-0.1, -0.05) is 19.9 Å². The van der Waals surface area contributed by atoms with Crippen molar-refractivity contribution < 1.29 is 22.7 Å². The lowest BCUT2D eigenvalue weighted by molar-refractivity contribution is -0.138. The molecule has 140 valence electrons. The second-order valence-electron chi connectivity index (χ2n) is 6.70. The largest absolute Gasteiger partial charge is 0.496 e. The molecule has 0 unspecified atom stereocenters. The average molecular weight is 359 g/mol. The number of nitrogens with zero attached hydrogens (tertiary/aromatic N) is 2. The molecule has 1 aromatic carbocycles. The lowest BCUT2D eigenvalue weighted by Crippen LogP contribution is -2.61. The molecular formula is C17H24F3N3O2. The van der Waals surface area contributed by atoms with Gasteiger partial charge in [0.25, 0.3) is 0 Å². The number of methoxy groups -OCH3 is 1. The number of ether oxygens (including phenoxy) is 1. The summed E-state index contributed by atoms with van der Waals surface area (Å²) in [5.74, 6) is 0.197. The minimum absolute atomic E-state index is 0.237. The molecule has 1 heterocycles. The van der Waals surface area contributed by atoms with Gasteiger partial charge in [0.15, 0.2) is 0 Å². The zero-order valence-electron chi connectivity index (χ0n) is 14.9. The van der Waals surface area contributed by atoms with Crippen LogP contribution in [0.15, 0.2) is 18.2 Å². The van der Waals surface area contributed by atoms with E-state index in [9.17, 15) is 18.0 Å². The second kappa shape index (κ2) is 7.51. The number of amides is 2. The molecule has 2 amide bonds. The number of nitrogens with one attached hydrogen (secondary N) is 1. The summed E-state index contributed by atoms with van der Waals surface area (Å²) in [5, 5.41) is 2.36. The normalized spacial score (nSPS) is 15.5. The number of likely N-dealkylation sites (N-methyl/N-ethyl adjacent to an activating group) is 1. The number of halogens is 3. The van der Waals surface area contributed by atoms with Gasteiger partial charge in [-0.25, -0.2) is 4.79 Å². The van der Waals surface area contributed by atoms with E-state index in [-0.39, 0.29) is 17.5 Å². The van der Waals surface area contributed by atoms with Gasteiger partial charge in [0.2, 0.25) is 0 Å². The SMILES string of the molecule is COc1cccc(NC(=O)N2CC(N(C)CC(C)C)C2)c1C(F)(F)F. The molecular weight excluding hydrogens is 335 g/mol. The quantitative estimate of drug-likeness (QED) is 0.875. The Morgan fingerprint density at radius 2 is 2.04 bits per heavy atom. The van der Waals surface area contributed by atoms with Crippen molar-refractivity contribution in [3.8, 4) is 5.75 Å². The Bertz CT molecular complexity index is 614. The van der Waals surface area contributed by atoms with E-state index in [2.05, 4.69) is 24.1 Å². The van der Waals surface area contributed by atoms with Crippen LogP contribution >= 0.6 is 0 Å². The van der Waals surface area contributed by atoms with Crippen LogP contribution in [0.25, 0.3) is 0 Å². The number of rotatable bonds is 5. The Balaban J connectivity index is 2.03. The fourth-order valence-corrected chi connectivity index (χ4v) is 2.92. The maximum absolute atomic E-state index is 13.3. The Morgan fingerprint density at radius 1 is 1.40 bits per heavy atom. The minimum Gasteiger partial charge on any atom is -0.496 e. The van der Waals surface area contributed by atoms with Crippen LogP contribution in [-0.2, 0) is 6.18 Å². The molecule has 8 heteroatoms. The number of carbonyl (C=O) groups excluding carboxylic acids is 1. The van der Waals surface area contributed by atoms with Crippen LogP contribution in [0.3, 0.4) is 0 Å². The molecule has 0 radical (unpaired) electrons. The molecule has 0 bridgehead atoms. The monoisotopic (exact) mass is 359 g/mol. The second-order valence-corrected chi connectivity index (χ2v) is 6.70. The number of likely N-dealkylation sites (tertiary alicyclic amines) is 1. The van der Waals surface area contributed by atoms with Crippen LogP contribution < -0.4 is 10.1 Å². The van der Waals surface area contributed by atoms with Gasteiger partial charge in [-0.15, -0.1) is 0 Å². The summed E-state index contributed by atoms with van der Waals surface area (Å²) in [7, 11) is 3.16. The Kier molecular flexibility index (Phi) is 5.82. The molecule has 0 spiro atoms. The van der Waals surface area contributed by atoms with E-state index >= 15 is 0 Å². The van der Waals surface area contributed by atoms with E-state index < -0.39 is 17.8 Å². The average Bonchev–Trinajstić information content (AvgIpc) is 2.43. The smallest absolute Gasteiger partial charge is 0.421 e. The van der Waals surface area contributed by atoms with Gasteiger partial charge >= 0.3 is 12.2 Å². The maximum Gasteiger partial charge on any atom is 0.421 e. The van der Waals surface area contributed by atoms with Crippen molar-refractivity contribution in [3.63, 3.8) is 0 Å². The van der Waals surface area contributed by atoms with Gasteiger partial charge in [0.05, 0.1) is 12.8 Å². The third kappa shape index (κ3) is 4.56. The molecule has 0 saturated carbocycles. The lowest BCUT2D eigenvalue weighted by atomic mass is 10.1. The molecule has 0 aliphatic carbocycles. The summed E-state index contributed by atoms with van der Waals surface area (Å²) in [6.07, 6.45) is -4.62. The molecule has 0 atom stereocenters. The van der Waals surface area contributed by atoms with Crippen molar-refractivity contribution in [3.05, 3.63) is 23.8 Å². The number of alkyl halides is 3. The van der Waals surface area contributed by atoms with E-state index in [4.69, 9.17) is 4.74 Å². The number of hydrogen-bond acceptors (Lipinski definition) is 3. The number of carbonyl (C=O) groups is 1. The van der Waals surface area contributed by atoms with Crippen LogP contribution in [0.2, 0.25) is 0 Å². The number of benzene rings is 1. The van der Waals surface area contributed by atoms with Crippen molar-refractivity contribution >= 4 is 11.7 Å². The molecule has 1 aromatic rings. The molecule has 25 heavy (non-hydrogen) atoms. The number of anilines is 1. The van der Waals surface area contributed by atoms with E-state index in [1.165, 1.54) is 30.2 Å². The third-order valence-corrected chi connectivity index (χ3v) is 4.20. The van der Waals surface area contributed by atoms with E-state index in [0.717, 1.165) is 6.54 Å². The van der Waals surface area contributed by atoms with Crippen LogP contribution in [0.4, 0.5) is 23.7 Å². The summed E-state index contributed by atoms with van der Waals surface area (Å²) >= 11 is 0. The number of hydrogen-bond donors (Lipinski definition) is 1. The minimum atomic E-state index is -4.62. The highest BCUT2D eigenvalue weighted by Crippen LogP contribution is 2.41.